The summed E-state index contributed by atoms with van der Waals surface area (Å²) in [4.78, 5) is 21.3. The Morgan fingerprint density at radius 2 is 2.12 bits per heavy atom. The Hall–Kier alpha value is -2.12. The lowest BCUT2D eigenvalue weighted by Crippen LogP contribution is -2.50. The number of aromatic nitrogens is 1. The van der Waals surface area contributed by atoms with E-state index in [1.165, 1.54) is 0 Å². The molecule has 4 rings (SSSR count). The van der Waals surface area contributed by atoms with Crippen molar-refractivity contribution in [3.8, 4) is 5.75 Å². The molecule has 1 N–H and O–H groups in total. The summed E-state index contributed by atoms with van der Waals surface area (Å²) in [6.45, 7) is 4.70. The summed E-state index contributed by atoms with van der Waals surface area (Å²) in [5.41, 5.74) is 1.08. The monoisotopic (exact) mass is 358 g/mol. The average Bonchev–Trinajstić information content (AvgIpc) is 3.17. The Morgan fingerprint density at radius 3 is 2.92 bits per heavy atom. The number of carbonyl (C=O) groups excluding carboxylic acids is 1. The SMILES string of the molecule is O=C(CN1CCN(c2nccs2)CC1)NC1CCOc2ccccc21. The van der Waals surface area contributed by atoms with Gasteiger partial charge in [0.1, 0.15) is 5.75 Å². The highest BCUT2D eigenvalue weighted by molar-refractivity contribution is 7.13. The third kappa shape index (κ3) is 3.77. The van der Waals surface area contributed by atoms with E-state index in [1.54, 1.807) is 11.3 Å². The molecule has 2 aliphatic heterocycles. The summed E-state index contributed by atoms with van der Waals surface area (Å²) in [6, 6.07) is 8.00. The van der Waals surface area contributed by atoms with Crippen LogP contribution in [0.3, 0.4) is 0 Å². The number of hydrogen-bond donors (Lipinski definition) is 1. The lowest BCUT2D eigenvalue weighted by molar-refractivity contribution is -0.123. The normalized spacial score (nSPS) is 20.6. The van der Waals surface area contributed by atoms with Crippen LogP contribution in [-0.2, 0) is 4.79 Å². The molecule has 1 aromatic carbocycles. The first-order valence-electron chi connectivity index (χ1n) is 8.67. The molecule has 1 fully saturated rings. The van der Waals surface area contributed by atoms with Crippen molar-refractivity contribution >= 4 is 22.4 Å². The fourth-order valence-electron chi connectivity index (χ4n) is 3.40. The zero-order chi connectivity index (χ0) is 17.1. The molecule has 0 aliphatic carbocycles. The zero-order valence-corrected chi connectivity index (χ0v) is 14.9. The van der Waals surface area contributed by atoms with Crippen molar-refractivity contribution in [2.24, 2.45) is 0 Å². The van der Waals surface area contributed by atoms with Gasteiger partial charge < -0.3 is 15.0 Å². The number of anilines is 1. The summed E-state index contributed by atoms with van der Waals surface area (Å²) < 4.78 is 5.66. The fraction of sp³-hybridized carbons (Fsp3) is 0.444. The minimum absolute atomic E-state index is 0.0501. The van der Waals surface area contributed by atoms with E-state index in [-0.39, 0.29) is 11.9 Å². The molecular weight excluding hydrogens is 336 g/mol. The highest BCUT2D eigenvalue weighted by Crippen LogP contribution is 2.31. The van der Waals surface area contributed by atoms with E-state index < -0.39 is 0 Å². The van der Waals surface area contributed by atoms with E-state index in [9.17, 15) is 4.79 Å². The standard InChI is InChI=1S/C18H22N4O2S/c23-17(20-15-5-11-24-16-4-2-1-3-14(15)16)13-21-7-9-22(10-8-21)18-19-6-12-25-18/h1-4,6,12,15H,5,7-11,13H2,(H,20,23). The number of carbonyl (C=O) groups is 1. The molecule has 3 heterocycles. The lowest BCUT2D eigenvalue weighted by atomic mass is 10.0. The molecule has 0 saturated carbocycles. The molecule has 2 aromatic rings. The van der Waals surface area contributed by atoms with E-state index in [2.05, 4.69) is 20.1 Å². The van der Waals surface area contributed by atoms with Gasteiger partial charge in [0.2, 0.25) is 5.91 Å². The number of hydrogen-bond acceptors (Lipinski definition) is 6. The number of para-hydroxylation sites is 1. The Labute approximate surface area is 151 Å². The van der Waals surface area contributed by atoms with E-state index in [4.69, 9.17) is 4.74 Å². The van der Waals surface area contributed by atoms with Crippen molar-refractivity contribution in [3.63, 3.8) is 0 Å². The largest absolute Gasteiger partial charge is 0.493 e. The summed E-state index contributed by atoms with van der Waals surface area (Å²) >= 11 is 1.67. The molecule has 0 radical (unpaired) electrons. The summed E-state index contributed by atoms with van der Waals surface area (Å²) in [7, 11) is 0. The predicted molar refractivity (Wildman–Crippen MR) is 98.2 cm³/mol. The van der Waals surface area contributed by atoms with E-state index >= 15 is 0 Å². The zero-order valence-electron chi connectivity index (χ0n) is 14.1. The first-order chi connectivity index (χ1) is 12.3. The third-order valence-corrected chi connectivity index (χ3v) is 5.56. The maximum atomic E-state index is 12.5. The highest BCUT2D eigenvalue weighted by atomic mass is 32.1. The maximum absolute atomic E-state index is 12.5. The van der Waals surface area contributed by atoms with E-state index in [1.807, 2.05) is 35.8 Å². The second-order valence-electron chi connectivity index (χ2n) is 6.37. The van der Waals surface area contributed by atoms with Crippen molar-refractivity contribution in [1.82, 2.24) is 15.2 Å². The van der Waals surface area contributed by atoms with Crippen LogP contribution in [0.4, 0.5) is 5.13 Å². The number of rotatable bonds is 4. The Balaban J connectivity index is 1.29. The number of nitrogens with zero attached hydrogens (tertiary/aromatic N) is 3. The smallest absolute Gasteiger partial charge is 0.234 e. The van der Waals surface area contributed by atoms with Gasteiger partial charge in [0, 0.05) is 49.7 Å². The Bertz CT molecular complexity index is 714. The van der Waals surface area contributed by atoms with E-state index in [0.29, 0.717) is 13.2 Å². The second kappa shape index (κ2) is 7.41. The van der Waals surface area contributed by atoms with Crippen molar-refractivity contribution < 1.29 is 9.53 Å². The molecule has 1 amide bonds. The average molecular weight is 358 g/mol. The quantitative estimate of drug-likeness (QED) is 0.905. The van der Waals surface area contributed by atoms with E-state index in [0.717, 1.165) is 49.0 Å². The number of fused-ring (bicyclic) bond motifs is 1. The van der Waals surface area contributed by atoms with Crippen LogP contribution in [0.5, 0.6) is 5.75 Å². The summed E-state index contributed by atoms with van der Waals surface area (Å²) in [6.07, 6.45) is 2.66. The molecule has 7 heteroatoms. The van der Waals surface area contributed by atoms with Crippen molar-refractivity contribution in [2.75, 3.05) is 44.2 Å². The van der Waals surface area contributed by atoms with Crippen molar-refractivity contribution in [3.05, 3.63) is 41.4 Å². The minimum atomic E-state index is 0.0501. The van der Waals surface area contributed by atoms with Gasteiger partial charge in [-0.2, -0.15) is 0 Å². The lowest BCUT2D eigenvalue weighted by Gasteiger charge is -2.34. The molecule has 1 atom stereocenters. The molecule has 25 heavy (non-hydrogen) atoms. The Morgan fingerprint density at radius 1 is 1.28 bits per heavy atom. The van der Waals surface area contributed by atoms with Crippen LogP contribution in [0.25, 0.3) is 0 Å². The van der Waals surface area contributed by atoms with Gasteiger partial charge in [-0.05, 0) is 6.07 Å². The molecule has 132 valence electrons. The minimum Gasteiger partial charge on any atom is -0.493 e. The predicted octanol–water partition coefficient (Wildman–Crippen LogP) is 1.91. The number of piperazine rings is 1. The highest BCUT2D eigenvalue weighted by Gasteiger charge is 2.25. The molecule has 6 nitrogen and oxygen atoms in total. The van der Waals surface area contributed by atoms with Gasteiger partial charge in [0.15, 0.2) is 5.13 Å². The molecule has 2 aliphatic rings. The third-order valence-electron chi connectivity index (χ3n) is 4.72. The van der Waals surface area contributed by atoms with Crippen LogP contribution in [0, 0.1) is 0 Å². The van der Waals surface area contributed by atoms with Crippen molar-refractivity contribution in [2.45, 2.75) is 12.5 Å². The van der Waals surface area contributed by atoms with Gasteiger partial charge >= 0.3 is 0 Å². The van der Waals surface area contributed by atoms with Crippen molar-refractivity contribution in [1.29, 1.82) is 0 Å². The van der Waals surface area contributed by atoms with Gasteiger partial charge in [-0.15, -0.1) is 11.3 Å². The van der Waals surface area contributed by atoms with Crippen LogP contribution >= 0.6 is 11.3 Å². The number of benzene rings is 1. The number of nitrogens with one attached hydrogen (secondary N) is 1. The molecule has 0 spiro atoms. The first-order valence-corrected chi connectivity index (χ1v) is 9.55. The van der Waals surface area contributed by atoms with Gasteiger partial charge in [-0.3, -0.25) is 9.69 Å². The summed E-state index contributed by atoms with van der Waals surface area (Å²) in [5, 5.41) is 6.25. The van der Waals surface area contributed by atoms with Crippen LogP contribution in [0.1, 0.15) is 18.0 Å². The molecule has 1 aromatic heterocycles. The number of ether oxygens (including phenoxy) is 1. The topological polar surface area (TPSA) is 57.7 Å². The van der Waals surface area contributed by atoms with Crippen LogP contribution in [0.15, 0.2) is 35.8 Å². The fourth-order valence-corrected chi connectivity index (χ4v) is 4.10. The summed E-state index contributed by atoms with van der Waals surface area (Å²) in [5.74, 6) is 0.973. The first kappa shape index (κ1) is 16.4. The van der Waals surface area contributed by atoms with Gasteiger partial charge in [-0.1, -0.05) is 18.2 Å². The van der Waals surface area contributed by atoms with Gasteiger partial charge in [0.25, 0.3) is 0 Å². The second-order valence-corrected chi connectivity index (χ2v) is 7.25. The Kier molecular flexibility index (Phi) is 4.85. The van der Waals surface area contributed by atoms with Gasteiger partial charge in [0.05, 0.1) is 19.2 Å². The maximum Gasteiger partial charge on any atom is 0.234 e. The van der Waals surface area contributed by atoms with Crippen LogP contribution < -0.4 is 15.0 Å². The van der Waals surface area contributed by atoms with Crippen LogP contribution in [-0.4, -0.2) is 55.1 Å². The van der Waals surface area contributed by atoms with Gasteiger partial charge in [-0.25, -0.2) is 4.98 Å². The number of amides is 1. The molecular formula is C18H22N4O2S. The molecule has 0 bridgehead atoms. The number of thiazole rings is 1. The van der Waals surface area contributed by atoms with Crippen LogP contribution in [0.2, 0.25) is 0 Å². The molecule has 1 saturated heterocycles. The molecule has 1 unspecified atom stereocenters.